The number of benzene rings is 2. The van der Waals surface area contributed by atoms with Gasteiger partial charge in [0.15, 0.2) is 0 Å². The van der Waals surface area contributed by atoms with E-state index < -0.39 is 0 Å². The predicted octanol–water partition coefficient (Wildman–Crippen LogP) is 3.70. The van der Waals surface area contributed by atoms with Gasteiger partial charge in [0.1, 0.15) is 12.4 Å². The quantitative estimate of drug-likeness (QED) is 0.456. The molecule has 0 saturated heterocycles. The Kier molecular flexibility index (Phi) is 5.39. The van der Waals surface area contributed by atoms with Crippen molar-refractivity contribution in [3.8, 4) is 5.75 Å². The normalized spacial score (nSPS) is 10.3. The molecule has 110 valence electrons. The zero-order valence-corrected chi connectivity index (χ0v) is 14.5. The summed E-state index contributed by atoms with van der Waals surface area (Å²) in [5, 5.41) is 0. The largest absolute Gasteiger partial charge is 0.489 e. The maximum absolute atomic E-state index is 11.4. The molecule has 6 heteroatoms. The molecule has 0 aromatic heterocycles. The number of ether oxygens (including phenoxy) is 1. The van der Waals surface area contributed by atoms with E-state index in [1.807, 2.05) is 31.2 Å². The van der Waals surface area contributed by atoms with Gasteiger partial charge in [0, 0.05) is 20.1 Å². The summed E-state index contributed by atoms with van der Waals surface area (Å²) in [6.45, 7) is 2.40. The summed E-state index contributed by atoms with van der Waals surface area (Å²) in [7, 11) is 0. The molecular weight excluding hydrogens is 400 g/mol. The second-order valence-electron chi connectivity index (χ2n) is 4.48. The van der Waals surface area contributed by atoms with Crippen molar-refractivity contribution < 1.29 is 9.53 Å². The summed E-state index contributed by atoms with van der Waals surface area (Å²) >= 11 is 6.87. The van der Waals surface area contributed by atoms with Crippen LogP contribution in [0.15, 0.2) is 45.3 Å². The van der Waals surface area contributed by atoms with Crippen LogP contribution in [0.1, 0.15) is 21.5 Å². The number of rotatable bonds is 4. The Morgan fingerprint density at radius 1 is 1.24 bits per heavy atom. The molecule has 0 unspecified atom stereocenters. The Morgan fingerprint density at radius 2 is 2.00 bits per heavy atom. The first-order valence-corrected chi connectivity index (χ1v) is 7.78. The molecular formula is C15H14Br2N2O2. The van der Waals surface area contributed by atoms with E-state index in [0.29, 0.717) is 12.2 Å². The Hall–Kier alpha value is -1.37. The number of nitrogen functional groups attached to an aromatic ring is 1. The summed E-state index contributed by atoms with van der Waals surface area (Å²) in [5.74, 6) is 5.61. The van der Waals surface area contributed by atoms with Crippen LogP contribution < -0.4 is 16.0 Å². The van der Waals surface area contributed by atoms with Crippen LogP contribution in [0.4, 0.5) is 0 Å². The van der Waals surface area contributed by atoms with Gasteiger partial charge in [-0.05, 0) is 36.8 Å². The number of halogens is 2. The van der Waals surface area contributed by atoms with E-state index in [0.717, 1.165) is 25.8 Å². The first kappa shape index (κ1) is 16.0. The highest BCUT2D eigenvalue weighted by atomic mass is 79.9. The Morgan fingerprint density at radius 3 is 2.67 bits per heavy atom. The average molecular weight is 414 g/mol. The van der Waals surface area contributed by atoms with E-state index in [1.165, 1.54) is 0 Å². The molecule has 2 aromatic rings. The average Bonchev–Trinajstić information content (AvgIpc) is 2.48. The van der Waals surface area contributed by atoms with Crippen LogP contribution in [0.5, 0.6) is 5.75 Å². The number of hydrogen-bond donors (Lipinski definition) is 2. The lowest BCUT2D eigenvalue weighted by molar-refractivity contribution is 0.0953. The lowest BCUT2D eigenvalue weighted by Crippen LogP contribution is -2.29. The molecule has 0 radical (unpaired) electrons. The summed E-state index contributed by atoms with van der Waals surface area (Å²) in [5.41, 5.74) is 4.61. The standard InChI is InChI=1S/C15H14Br2N2O2/c1-9-2-5-12(16)7-14(9)21-8-11-4-3-10(6-13(11)17)15(20)19-18/h2-7H,8,18H2,1H3,(H,19,20). The van der Waals surface area contributed by atoms with Crippen molar-refractivity contribution in [3.63, 3.8) is 0 Å². The van der Waals surface area contributed by atoms with Crippen molar-refractivity contribution in [1.82, 2.24) is 5.43 Å². The third-order valence-corrected chi connectivity index (χ3v) is 4.21. The van der Waals surface area contributed by atoms with E-state index in [-0.39, 0.29) is 5.91 Å². The van der Waals surface area contributed by atoms with Gasteiger partial charge in [-0.1, -0.05) is 44.0 Å². The summed E-state index contributed by atoms with van der Waals surface area (Å²) < 4.78 is 7.60. The molecule has 1 amide bonds. The highest BCUT2D eigenvalue weighted by Crippen LogP contribution is 2.25. The maximum Gasteiger partial charge on any atom is 0.265 e. The minimum atomic E-state index is -0.328. The number of carbonyl (C=O) groups is 1. The number of aryl methyl sites for hydroxylation is 1. The Bertz CT molecular complexity index is 675. The fourth-order valence-corrected chi connectivity index (χ4v) is 2.61. The third-order valence-electron chi connectivity index (χ3n) is 2.98. The molecule has 0 aliphatic heterocycles. The second kappa shape index (κ2) is 7.06. The second-order valence-corrected chi connectivity index (χ2v) is 6.25. The van der Waals surface area contributed by atoms with Gasteiger partial charge in [0.25, 0.3) is 5.91 Å². The minimum Gasteiger partial charge on any atom is -0.489 e. The van der Waals surface area contributed by atoms with E-state index in [4.69, 9.17) is 10.6 Å². The van der Waals surface area contributed by atoms with Crippen LogP contribution in [0.25, 0.3) is 0 Å². The van der Waals surface area contributed by atoms with Crippen molar-refractivity contribution in [2.75, 3.05) is 0 Å². The van der Waals surface area contributed by atoms with E-state index in [2.05, 4.69) is 37.3 Å². The van der Waals surface area contributed by atoms with Gasteiger partial charge in [-0.15, -0.1) is 0 Å². The van der Waals surface area contributed by atoms with Gasteiger partial charge < -0.3 is 4.74 Å². The van der Waals surface area contributed by atoms with Crippen LogP contribution in [0, 0.1) is 6.92 Å². The van der Waals surface area contributed by atoms with Gasteiger partial charge >= 0.3 is 0 Å². The molecule has 0 fully saturated rings. The van der Waals surface area contributed by atoms with Crippen LogP contribution in [-0.2, 0) is 6.61 Å². The first-order chi connectivity index (χ1) is 10.0. The first-order valence-electron chi connectivity index (χ1n) is 6.19. The molecule has 0 atom stereocenters. The highest BCUT2D eigenvalue weighted by Gasteiger charge is 2.08. The van der Waals surface area contributed by atoms with Gasteiger partial charge in [0.05, 0.1) is 0 Å². The topological polar surface area (TPSA) is 64.3 Å². The number of nitrogens with two attached hydrogens (primary N) is 1. The van der Waals surface area contributed by atoms with E-state index in [1.54, 1.807) is 12.1 Å². The molecule has 0 saturated carbocycles. The Balaban J connectivity index is 2.13. The van der Waals surface area contributed by atoms with Crippen LogP contribution in [0.3, 0.4) is 0 Å². The van der Waals surface area contributed by atoms with Crippen molar-refractivity contribution >= 4 is 37.8 Å². The van der Waals surface area contributed by atoms with Gasteiger partial charge in [-0.3, -0.25) is 10.2 Å². The number of hydrogen-bond acceptors (Lipinski definition) is 3. The molecule has 3 N–H and O–H groups in total. The number of nitrogens with one attached hydrogen (secondary N) is 1. The van der Waals surface area contributed by atoms with Gasteiger partial charge in [-0.25, -0.2) is 5.84 Å². The zero-order valence-electron chi connectivity index (χ0n) is 11.3. The van der Waals surface area contributed by atoms with Crippen molar-refractivity contribution in [2.24, 2.45) is 5.84 Å². The maximum atomic E-state index is 11.4. The SMILES string of the molecule is Cc1ccc(Br)cc1OCc1ccc(C(=O)NN)cc1Br. The van der Waals surface area contributed by atoms with Gasteiger partial charge in [-0.2, -0.15) is 0 Å². The molecule has 2 rings (SSSR count). The van der Waals surface area contributed by atoms with Crippen LogP contribution in [-0.4, -0.2) is 5.91 Å². The van der Waals surface area contributed by atoms with Crippen molar-refractivity contribution in [3.05, 3.63) is 62.0 Å². The molecule has 4 nitrogen and oxygen atoms in total. The Labute approximate surface area is 139 Å². The number of amides is 1. The minimum absolute atomic E-state index is 0.328. The molecule has 0 aliphatic rings. The fourth-order valence-electron chi connectivity index (χ4n) is 1.77. The predicted molar refractivity (Wildman–Crippen MR) is 89.0 cm³/mol. The molecule has 21 heavy (non-hydrogen) atoms. The molecule has 0 bridgehead atoms. The van der Waals surface area contributed by atoms with Crippen molar-refractivity contribution in [2.45, 2.75) is 13.5 Å². The number of carbonyl (C=O) groups excluding carboxylic acids is 1. The van der Waals surface area contributed by atoms with Gasteiger partial charge in [0.2, 0.25) is 0 Å². The molecule has 0 aliphatic carbocycles. The van der Waals surface area contributed by atoms with E-state index >= 15 is 0 Å². The molecule has 2 aromatic carbocycles. The fraction of sp³-hybridized carbons (Fsp3) is 0.133. The third kappa shape index (κ3) is 4.06. The smallest absolute Gasteiger partial charge is 0.265 e. The lowest BCUT2D eigenvalue weighted by atomic mass is 10.1. The lowest BCUT2D eigenvalue weighted by Gasteiger charge is -2.11. The highest BCUT2D eigenvalue weighted by molar-refractivity contribution is 9.10. The van der Waals surface area contributed by atoms with Crippen LogP contribution in [0.2, 0.25) is 0 Å². The van der Waals surface area contributed by atoms with E-state index in [9.17, 15) is 4.79 Å². The molecule has 0 heterocycles. The zero-order chi connectivity index (χ0) is 15.4. The molecule has 0 spiro atoms. The van der Waals surface area contributed by atoms with Crippen LogP contribution >= 0.6 is 31.9 Å². The van der Waals surface area contributed by atoms with Crippen molar-refractivity contribution in [1.29, 1.82) is 0 Å². The summed E-state index contributed by atoms with van der Waals surface area (Å²) in [4.78, 5) is 11.4. The monoisotopic (exact) mass is 412 g/mol. The number of hydrazine groups is 1. The summed E-state index contributed by atoms with van der Waals surface area (Å²) in [6.07, 6.45) is 0. The summed E-state index contributed by atoms with van der Waals surface area (Å²) in [6, 6.07) is 11.1.